The lowest BCUT2D eigenvalue weighted by Crippen LogP contribution is -2.26. The monoisotopic (exact) mass is 477 g/mol. The number of rotatable bonds is 6. The van der Waals surface area contributed by atoms with Gasteiger partial charge in [0.1, 0.15) is 14.9 Å². The second-order valence-corrected chi connectivity index (χ2v) is 11.5. The molecule has 1 saturated carbocycles. The molecule has 3 aromatic rings. The Balaban J connectivity index is 1.49. The molecule has 2 heterocycles. The number of carbonyl (C=O) groups is 1. The molecule has 0 spiro atoms. The van der Waals surface area contributed by atoms with Crippen molar-refractivity contribution < 1.29 is 13.2 Å². The number of carbonyl (C=O) groups excluding carboxylic acids is 1. The maximum absolute atomic E-state index is 12.2. The molecule has 10 heteroatoms. The van der Waals surface area contributed by atoms with Crippen molar-refractivity contribution in [3.63, 3.8) is 0 Å². The van der Waals surface area contributed by atoms with Gasteiger partial charge in [-0.3, -0.25) is 9.89 Å². The van der Waals surface area contributed by atoms with Gasteiger partial charge in [0.25, 0.3) is 0 Å². The summed E-state index contributed by atoms with van der Waals surface area (Å²) in [6.07, 6.45) is 5.92. The van der Waals surface area contributed by atoms with Gasteiger partial charge in [0.05, 0.1) is 11.4 Å². The van der Waals surface area contributed by atoms with Gasteiger partial charge in [0.15, 0.2) is 11.5 Å². The van der Waals surface area contributed by atoms with E-state index in [1.165, 1.54) is 19.3 Å². The third kappa shape index (κ3) is 4.83. The van der Waals surface area contributed by atoms with E-state index in [-0.39, 0.29) is 11.7 Å². The number of amides is 1. The second kappa shape index (κ2) is 8.86. The van der Waals surface area contributed by atoms with Gasteiger partial charge in [0.2, 0.25) is 5.91 Å². The smallest absolute Gasteiger partial charge is 0.228 e. The van der Waals surface area contributed by atoms with E-state index < -0.39 is 15.8 Å². The number of aromatic amines is 1. The molecule has 4 rings (SSSR count). The molecular formula is C22H28ClN5O3S. The highest BCUT2D eigenvalue weighted by atomic mass is 35.5. The molecule has 0 aliphatic heterocycles. The number of anilines is 1. The number of nitrogens with one attached hydrogen (secondary N) is 2. The summed E-state index contributed by atoms with van der Waals surface area (Å²) in [6.45, 7) is 3.86. The summed E-state index contributed by atoms with van der Waals surface area (Å²) in [5.74, 6) is 0.341. The van der Waals surface area contributed by atoms with Crippen molar-refractivity contribution in [3.8, 4) is 11.4 Å². The maximum atomic E-state index is 12.2. The summed E-state index contributed by atoms with van der Waals surface area (Å²) in [6, 6.07) is 7.10. The minimum Gasteiger partial charge on any atom is -0.326 e. The third-order valence-corrected chi connectivity index (χ3v) is 7.64. The third-order valence-electron chi connectivity index (χ3n) is 6.16. The van der Waals surface area contributed by atoms with Gasteiger partial charge in [-0.2, -0.15) is 4.63 Å². The second-order valence-electron chi connectivity index (χ2n) is 8.94. The molecule has 2 aromatic heterocycles. The van der Waals surface area contributed by atoms with Crippen molar-refractivity contribution in [2.24, 2.45) is 11.8 Å². The van der Waals surface area contributed by atoms with Crippen molar-refractivity contribution in [1.82, 2.24) is 19.8 Å². The molecule has 32 heavy (non-hydrogen) atoms. The number of aromatic nitrogens is 4. The highest BCUT2D eigenvalue weighted by Crippen LogP contribution is 2.40. The van der Waals surface area contributed by atoms with E-state index in [9.17, 15) is 13.2 Å². The summed E-state index contributed by atoms with van der Waals surface area (Å²) in [5.41, 5.74) is 2.99. The molecule has 172 valence electrons. The van der Waals surface area contributed by atoms with E-state index >= 15 is 0 Å². The molecular weight excluding hydrogens is 450 g/mol. The first-order valence-electron chi connectivity index (χ1n) is 10.9. The first-order valence-corrected chi connectivity index (χ1v) is 13.3. The molecule has 1 fully saturated rings. The number of H-pyrrole nitrogens is 1. The number of sulfone groups is 1. The van der Waals surface area contributed by atoms with Crippen molar-refractivity contribution in [1.29, 1.82) is 0 Å². The van der Waals surface area contributed by atoms with Crippen LogP contribution in [0.3, 0.4) is 0 Å². The van der Waals surface area contributed by atoms with Gasteiger partial charge in [-0.05, 0) is 36.6 Å². The van der Waals surface area contributed by atoms with Crippen molar-refractivity contribution in [3.05, 3.63) is 35.0 Å². The normalized spacial score (nSPS) is 20.4. The summed E-state index contributed by atoms with van der Waals surface area (Å²) in [4.78, 5) is 16.8. The topological polar surface area (TPSA) is 109 Å². The van der Waals surface area contributed by atoms with E-state index in [2.05, 4.69) is 27.4 Å². The van der Waals surface area contributed by atoms with Gasteiger partial charge in [-0.25, -0.2) is 13.4 Å². The summed E-state index contributed by atoms with van der Waals surface area (Å²) >= 11 is 6.67. The SMILES string of the molecule is CC(CS(C)(=O)=O)C(=O)Nc1ccc(-c2nc3c(Cl)c(C4CCCCC4C)[nH]n3n2)cc1. The minimum absolute atomic E-state index is 0.191. The van der Waals surface area contributed by atoms with Crippen molar-refractivity contribution >= 4 is 38.7 Å². The van der Waals surface area contributed by atoms with Crippen LogP contribution in [0.1, 0.15) is 51.1 Å². The van der Waals surface area contributed by atoms with Crippen LogP contribution in [0.2, 0.25) is 5.02 Å². The quantitative estimate of drug-likeness (QED) is 0.550. The fourth-order valence-electron chi connectivity index (χ4n) is 4.43. The zero-order valence-corrected chi connectivity index (χ0v) is 20.0. The van der Waals surface area contributed by atoms with Gasteiger partial charge in [0, 0.05) is 29.3 Å². The Labute approximate surface area is 192 Å². The van der Waals surface area contributed by atoms with Crippen LogP contribution in [0, 0.1) is 11.8 Å². The van der Waals surface area contributed by atoms with Crippen LogP contribution in [0.15, 0.2) is 24.3 Å². The highest BCUT2D eigenvalue weighted by Gasteiger charge is 2.28. The Kier molecular flexibility index (Phi) is 6.31. The number of nitrogens with zero attached hydrogens (tertiary/aromatic N) is 3. The van der Waals surface area contributed by atoms with Crippen LogP contribution in [-0.2, 0) is 14.6 Å². The van der Waals surface area contributed by atoms with Crippen LogP contribution < -0.4 is 5.32 Å². The van der Waals surface area contributed by atoms with Gasteiger partial charge >= 0.3 is 0 Å². The Morgan fingerprint density at radius 1 is 1.28 bits per heavy atom. The van der Waals surface area contributed by atoms with Gasteiger partial charge < -0.3 is 5.32 Å². The van der Waals surface area contributed by atoms with Gasteiger partial charge in [-0.15, -0.1) is 5.10 Å². The van der Waals surface area contributed by atoms with E-state index in [4.69, 9.17) is 11.6 Å². The highest BCUT2D eigenvalue weighted by molar-refractivity contribution is 7.90. The largest absolute Gasteiger partial charge is 0.326 e. The average molecular weight is 478 g/mol. The lowest BCUT2D eigenvalue weighted by molar-refractivity contribution is -0.118. The van der Waals surface area contributed by atoms with E-state index in [0.717, 1.165) is 23.9 Å². The summed E-state index contributed by atoms with van der Waals surface area (Å²) in [7, 11) is -3.22. The number of benzene rings is 1. The molecule has 1 amide bonds. The van der Waals surface area contributed by atoms with Crippen LogP contribution in [0.4, 0.5) is 5.69 Å². The van der Waals surface area contributed by atoms with E-state index in [1.54, 1.807) is 23.7 Å². The fraction of sp³-hybridized carbons (Fsp3) is 0.500. The molecule has 0 bridgehead atoms. The Morgan fingerprint density at radius 2 is 1.97 bits per heavy atom. The number of halogens is 1. The first-order chi connectivity index (χ1) is 15.1. The predicted octanol–water partition coefficient (Wildman–Crippen LogP) is 4.29. The van der Waals surface area contributed by atoms with Crippen molar-refractivity contribution in [2.45, 2.75) is 45.4 Å². The molecule has 1 aromatic carbocycles. The standard InChI is InChI=1S/C22H28ClN5O3S/c1-13-6-4-5-7-17(13)19-18(23)21-25-20(27-28(21)26-19)15-8-10-16(11-9-15)24-22(29)14(2)12-32(3,30)31/h8-11,13-14,17,26H,4-7,12H2,1-3H3,(H,24,29). The summed E-state index contributed by atoms with van der Waals surface area (Å²) < 4.78 is 24.4. The molecule has 3 atom stereocenters. The van der Waals surface area contributed by atoms with Crippen LogP contribution >= 0.6 is 11.6 Å². The Hall–Kier alpha value is -2.39. The zero-order chi connectivity index (χ0) is 23.0. The van der Waals surface area contributed by atoms with Crippen LogP contribution in [-0.4, -0.2) is 46.1 Å². The number of fused-ring (bicyclic) bond motifs is 1. The Morgan fingerprint density at radius 3 is 2.59 bits per heavy atom. The minimum atomic E-state index is -3.22. The predicted molar refractivity (Wildman–Crippen MR) is 126 cm³/mol. The molecule has 3 unspecified atom stereocenters. The molecule has 1 aliphatic carbocycles. The lowest BCUT2D eigenvalue weighted by atomic mass is 9.79. The molecule has 0 radical (unpaired) electrons. The van der Waals surface area contributed by atoms with Crippen LogP contribution in [0.5, 0.6) is 0 Å². The van der Waals surface area contributed by atoms with E-state index in [1.807, 2.05) is 12.1 Å². The number of hydrogen-bond acceptors (Lipinski definition) is 5. The number of hydrogen-bond donors (Lipinski definition) is 2. The van der Waals surface area contributed by atoms with Gasteiger partial charge in [-0.1, -0.05) is 44.7 Å². The summed E-state index contributed by atoms with van der Waals surface area (Å²) in [5, 5.41) is 11.3. The lowest BCUT2D eigenvalue weighted by Gasteiger charge is -2.27. The fourth-order valence-corrected chi connectivity index (χ4v) is 5.79. The van der Waals surface area contributed by atoms with Crippen molar-refractivity contribution in [2.75, 3.05) is 17.3 Å². The maximum Gasteiger partial charge on any atom is 0.228 e. The molecule has 1 aliphatic rings. The molecule has 0 saturated heterocycles. The zero-order valence-electron chi connectivity index (χ0n) is 18.4. The molecule has 8 nitrogen and oxygen atoms in total. The average Bonchev–Trinajstić information content (AvgIpc) is 3.27. The van der Waals surface area contributed by atoms with Crippen LogP contribution in [0.25, 0.3) is 17.0 Å². The first kappa shape index (κ1) is 22.8. The molecule has 2 N–H and O–H groups in total. The Bertz CT molecular complexity index is 1230. The van der Waals surface area contributed by atoms with E-state index in [0.29, 0.717) is 34.0 Å².